The van der Waals surface area contributed by atoms with Gasteiger partial charge in [-0.2, -0.15) is 0 Å². The highest BCUT2D eigenvalue weighted by atomic mass is 16.5. The van der Waals surface area contributed by atoms with Crippen molar-refractivity contribution in [1.82, 2.24) is 5.32 Å². The van der Waals surface area contributed by atoms with Crippen molar-refractivity contribution in [3.05, 3.63) is 23.8 Å². The number of hydrogen-bond acceptors (Lipinski definition) is 5. The van der Waals surface area contributed by atoms with Crippen LogP contribution in [0.15, 0.2) is 18.2 Å². The third kappa shape index (κ3) is 6.01. The molecule has 6 heteroatoms. The number of carbonyl (C=O) groups is 1. The van der Waals surface area contributed by atoms with E-state index in [9.17, 15) is 4.79 Å². The van der Waals surface area contributed by atoms with Crippen molar-refractivity contribution in [1.29, 1.82) is 0 Å². The van der Waals surface area contributed by atoms with Gasteiger partial charge in [0.2, 0.25) is 0 Å². The zero-order valence-electron chi connectivity index (χ0n) is 12.8. The monoisotopic (exact) mass is 296 g/mol. The summed E-state index contributed by atoms with van der Waals surface area (Å²) in [6.45, 7) is 2.83. The Balaban J connectivity index is 2.56. The maximum absolute atomic E-state index is 11.7. The molecule has 6 nitrogen and oxygen atoms in total. The molecule has 1 amide bonds. The van der Waals surface area contributed by atoms with E-state index in [0.717, 1.165) is 12.0 Å². The summed E-state index contributed by atoms with van der Waals surface area (Å²) in [7, 11) is 3.15. The largest absolute Gasteiger partial charge is 0.493 e. The number of carbonyl (C=O) groups excluding carboxylic acids is 1. The van der Waals surface area contributed by atoms with E-state index in [1.54, 1.807) is 20.3 Å². The Labute approximate surface area is 125 Å². The molecule has 0 radical (unpaired) electrons. The Bertz CT molecular complexity index is 451. The van der Waals surface area contributed by atoms with E-state index in [4.69, 9.17) is 19.9 Å². The SMILES string of the molecule is COCC(C)NC(=O)COc1ccc(CCN)cc1OC. The average molecular weight is 296 g/mol. The molecular formula is C15H24N2O4. The van der Waals surface area contributed by atoms with Gasteiger partial charge in [0.25, 0.3) is 5.91 Å². The Kier molecular flexibility index (Phi) is 7.56. The second kappa shape index (κ2) is 9.20. The molecule has 0 spiro atoms. The molecule has 0 bridgehead atoms. The lowest BCUT2D eigenvalue weighted by Gasteiger charge is -2.14. The fourth-order valence-electron chi connectivity index (χ4n) is 1.90. The number of rotatable bonds is 9. The third-order valence-corrected chi connectivity index (χ3v) is 2.84. The van der Waals surface area contributed by atoms with E-state index in [0.29, 0.717) is 24.7 Å². The van der Waals surface area contributed by atoms with Gasteiger partial charge < -0.3 is 25.3 Å². The van der Waals surface area contributed by atoms with Crippen LogP contribution in [-0.2, 0) is 16.0 Å². The Hall–Kier alpha value is -1.79. The number of benzene rings is 1. The average Bonchev–Trinajstić information content (AvgIpc) is 2.46. The van der Waals surface area contributed by atoms with Crippen LogP contribution in [0.3, 0.4) is 0 Å². The number of amides is 1. The molecule has 0 saturated heterocycles. The van der Waals surface area contributed by atoms with E-state index < -0.39 is 0 Å². The van der Waals surface area contributed by atoms with Crippen LogP contribution in [0.4, 0.5) is 0 Å². The summed E-state index contributed by atoms with van der Waals surface area (Å²) >= 11 is 0. The summed E-state index contributed by atoms with van der Waals surface area (Å²) in [6, 6.07) is 5.51. The smallest absolute Gasteiger partial charge is 0.258 e. The molecule has 0 aliphatic carbocycles. The molecule has 21 heavy (non-hydrogen) atoms. The molecule has 0 aromatic heterocycles. The molecular weight excluding hydrogens is 272 g/mol. The van der Waals surface area contributed by atoms with E-state index in [-0.39, 0.29) is 18.6 Å². The highest BCUT2D eigenvalue weighted by Gasteiger charge is 2.10. The van der Waals surface area contributed by atoms with Crippen molar-refractivity contribution in [2.45, 2.75) is 19.4 Å². The van der Waals surface area contributed by atoms with Crippen LogP contribution in [0.1, 0.15) is 12.5 Å². The predicted molar refractivity (Wildman–Crippen MR) is 80.7 cm³/mol. The highest BCUT2D eigenvalue weighted by Crippen LogP contribution is 2.28. The molecule has 0 fully saturated rings. The van der Waals surface area contributed by atoms with Gasteiger partial charge >= 0.3 is 0 Å². The van der Waals surface area contributed by atoms with Crippen LogP contribution in [-0.4, -0.2) is 45.9 Å². The van der Waals surface area contributed by atoms with Gasteiger partial charge in [0.1, 0.15) is 0 Å². The number of nitrogens with two attached hydrogens (primary N) is 1. The predicted octanol–water partition coefficient (Wildman–Crippen LogP) is 0.726. The molecule has 0 saturated carbocycles. The molecule has 0 heterocycles. The van der Waals surface area contributed by atoms with Crippen molar-refractivity contribution in [2.75, 3.05) is 34.0 Å². The van der Waals surface area contributed by atoms with Crippen LogP contribution < -0.4 is 20.5 Å². The summed E-state index contributed by atoms with van der Waals surface area (Å²) in [6.07, 6.45) is 0.770. The van der Waals surface area contributed by atoms with Crippen molar-refractivity contribution in [3.8, 4) is 11.5 Å². The number of hydrogen-bond donors (Lipinski definition) is 2. The lowest BCUT2D eigenvalue weighted by Crippen LogP contribution is -2.38. The first-order valence-electron chi connectivity index (χ1n) is 6.88. The van der Waals surface area contributed by atoms with Gasteiger partial charge in [-0.1, -0.05) is 6.07 Å². The van der Waals surface area contributed by atoms with Gasteiger partial charge in [-0.25, -0.2) is 0 Å². The zero-order chi connectivity index (χ0) is 15.7. The summed E-state index contributed by atoms with van der Waals surface area (Å²) in [5.41, 5.74) is 6.59. The first-order valence-corrected chi connectivity index (χ1v) is 6.88. The summed E-state index contributed by atoms with van der Waals surface area (Å²) in [5.74, 6) is 0.930. The van der Waals surface area contributed by atoms with E-state index in [1.807, 2.05) is 19.1 Å². The van der Waals surface area contributed by atoms with Gasteiger partial charge in [-0.3, -0.25) is 4.79 Å². The standard InChI is InChI=1S/C15H24N2O4/c1-11(9-19-2)17-15(18)10-21-13-5-4-12(6-7-16)8-14(13)20-3/h4-5,8,11H,6-7,9-10,16H2,1-3H3,(H,17,18). The van der Waals surface area contributed by atoms with E-state index in [1.165, 1.54) is 0 Å². The Morgan fingerprint density at radius 2 is 2.10 bits per heavy atom. The minimum Gasteiger partial charge on any atom is -0.493 e. The molecule has 3 N–H and O–H groups in total. The molecule has 118 valence electrons. The second-order valence-corrected chi connectivity index (χ2v) is 4.74. The van der Waals surface area contributed by atoms with Gasteiger partial charge in [-0.15, -0.1) is 0 Å². The van der Waals surface area contributed by atoms with Crippen LogP contribution in [0.2, 0.25) is 0 Å². The minimum atomic E-state index is -0.201. The van der Waals surface area contributed by atoms with Crippen molar-refractivity contribution < 1.29 is 19.0 Å². The number of ether oxygens (including phenoxy) is 3. The minimum absolute atomic E-state index is 0.0556. The first kappa shape index (κ1) is 17.3. The van der Waals surface area contributed by atoms with Crippen LogP contribution in [0, 0.1) is 0 Å². The zero-order valence-corrected chi connectivity index (χ0v) is 12.8. The Morgan fingerprint density at radius 3 is 2.71 bits per heavy atom. The van der Waals surface area contributed by atoms with Gasteiger partial charge in [-0.05, 0) is 37.6 Å². The second-order valence-electron chi connectivity index (χ2n) is 4.74. The van der Waals surface area contributed by atoms with Crippen LogP contribution in [0.5, 0.6) is 11.5 Å². The van der Waals surface area contributed by atoms with Gasteiger partial charge in [0, 0.05) is 13.2 Å². The maximum atomic E-state index is 11.7. The van der Waals surface area contributed by atoms with Gasteiger partial charge in [0.05, 0.1) is 13.7 Å². The maximum Gasteiger partial charge on any atom is 0.258 e. The molecule has 1 rings (SSSR count). The van der Waals surface area contributed by atoms with Gasteiger partial charge in [0.15, 0.2) is 18.1 Å². The fraction of sp³-hybridized carbons (Fsp3) is 0.533. The van der Waals surface area contributed by atoms with E-state index in [2.05, 4.69) is 5.32 Å². The third-order valence-electron chi connectivity index (χ3n) is 2.84. The summed E-state index contributed by atoms with van der Waals surface area (Å²) in [4.78, 5) is 11.7. The quantitative estimate of drug-likeness (QED) is 0.702. The van der Waals surface area contributed by atoms with Crippen molar-refractivity contribution >= 4 is 5.91 Å². The lowest BCUT2D eigenvalue weighted by atomic mass is 10.1. The normalized spacial score (nSPS) is 11.8. The fourth-order valence-corrected chi connectivity index (χ4v) is 1.90. The van der Waals surface area contributed by atoms with Crippen molar-refractivity contribution in [3.63, 3.8) is 0 Å². The topological polar surface area (TPSA) is 82.8 Å². The van der Waals surface area contributed by atoms with Crippen LogP contribution >= 0.6 is 0 Å². The number of methoxy groups -OCH3 is 2. The summed E-state index contributed by atoms with van der Waals surface area (Å²) in [5, 5.41) is 2.77. The highest BCUT2D eigenvalue weighted by molar-refractivity contribution is 5.77. The molecule has 1 aromatic carbocycles. The first-order chi connectivity index (χ1) is 10.1. The summed E-state index contributed by atoms with van der Waals surface area (Å²) < 4.78 is 15.7. The molecule has 1 unspecified atom stereocenters. The number of nitrogens with one attached hydrogen (secondary N) is 1. The molecule has 1 atom stereocenters. The molecule has 0 aliphatic heterocycles. The van der Waals surface area contributed by atoms with E-state index >= 15 is 0 Å². The van der Waals surface area contributed by atoms with Crippen LogP contribution in [0.25, 0.3) is 0 Å². The van der Waals surface area contributed by atoms with Crippen molar-refractivity contribution in [2.24, 2.45) is 5.73 Å². The molecule has 0 aliphatic rings. The lowest BCUT2D eigenvalue weighted by molar-refractivity contribution is -0.124. The Morgan fingerprint density at radius 1 is 1.33 bits per heavy atom. The molecule has 1 aromatic rings.